The molecule has 0 fully saturated rings. The zero-order chi connectivity index (χ0) is 16.2. The number of para-hydroxylation sites is 3. The number of aromatic nitrogens is 2. The Bertz CT molecular complexity index is 895. The Labute approximate surface area is 152 Å². The third-order valence-electron chi connectivity index (χ3n) is 3.95. The van der Waals surface area contributed by atoms with Crippen LogP contribution in [0.2, 0.25) is 0 Å². The zero-order valence-electron chi connectivity index (χ0n) is 13.7. The number of ether oxygens (including phenoxy) is 1. The highest BCUT2D eigenvalue weighted by atomic mass is 79.9. The maximum atomic E-state index is 8.43. The van der Waals surface area contributed by atoms with E-state index in [1.54, 1.807) is 0 Å². The van der Waals surface area contributed by atoms with Crippen molar-refractivity contribution >= 4 is 28.0 Å². The predicted molar refractivity (Wildman–Crippen MR) is 103 cm³/mol. The van der Waals surface area contributed by atoms with E-state index in [9.17, 15) is 0 Å². The Balaban J connectivity index is 0.00000208. The topological polar surface area (TPSA) is 42.9 Å². The van der Waals surface area contributed by atoms with Gasteiger partial charge in [0, 0.05) is 6.54 Å². The summed E-state index contributed by atoms with van der Waals surface area (Å²) in [5, 5.41) is 8.43. The van der Waals surface area contributed by atoms with E-state index in [0.29, 0.717) is 25.3 Å². The summed E-state index contributed by atoms with van der Waals surface area (Å²) in [6.07, 6.45) is 1.82. The maximum Gasteiger partial charge on any atom is 0.203 e. The summed E-state index contributed by atoms with van der Waals surface area (Å²) in [5.41, 5.74) is 3.69. The molecule has 0 saturated heterocycles. The summed E-state index contributed by atoms with van der Waals surface area (Å²) in [5.74, 6) is 0.898. The van der Waals surface area contributed by atoms with Gasteiger partial charge in [-0.05, 0) is 30.7 Å². The van der Waals surface area contributed by atoms with Gasteiger partial charge < -0.3 is 13.9 Å². The van der Waals surface area contributed by atoms with E-state index in [4.69, 9.17) is 10.1 Å². The first kappa shape index (κ1) is 18.1. The molecule has 0 saturated carbocycles. The van der Waals surface area contributed by atoms with E-state index in [-0.39, 0.29) is 17.0 Å². The first-order valence-electron chi connectivity index (χ1n) is 7.74. The van der Waals surface area contributed by atoms with Crippen molar-refractivity contribution in [3.8, 4) is 5.75 Å². The second-order valence-electron chi connectivity index (χ2n) is 5.48. The van der Waals surface area contributed by atoms with Crippen molar-refractivity contribution in [3.05, 3.63) is 72.4 Å². The molecule has 0 atom stereocenters. The highest BCUT2D eigenvalue weighted by Gasteiger charge is 2.09. The first-order chi connectivity index (χ1) is 11.2. The molecule has 0 aliphatic rings. The van der Waals surface area contributed by atoms with E-state index in [1.165, 1.54) is 0 Å². The molecule has 0 aliphatic heterocycles. The number of hydrogen-bond donors (Lipinski definition) is 1. The zero-order valence-corrected chi connectivity index (χ0v) is 15.4. The lowest BCUT2D eigenvalue weighted by Crippen LogP contribution is -2.26. The van der Waals surface area contributed by atoms with E-state index in [0.717, 1.165) is 22.3 Å². The van der Waals surface area contributed by atoms with Crippen LogP contribution in [0.1, 0.15) is 5.56 Å². The molecule has 0 radical (unpaired) electrons. The van der Waals surface area contributed by atoms with Crippen LogP contribution >= 0.6 is 17.0 Å². The lowest BCUT2D eigenvalue weighted by molar-refractivity contribution is 0.295. The van der Waals surface area contributed by atoms with E-state index >= 15 is 0 Å². The van der Waals surface area contributed by atoms with Gasteiger partial charge in [0.1, 0.15) is 12.4 Å². The molecule has 1 heterocycles. The number of aryl methyl sites for hydroxylation is 1. The number of halogens is 1. The third kappa shape index (κ3) is 3.46. The quantitative estimate of drug-likeness (QED) is 0.636. The number of allylic oxidation sites excluding steroid dienone is 1. The van der Waals surface area contributed by atoms with Crippen molar-refractivity contribution in [1.29, 1.82) is 5.41 Å². The largest absolute Gasteiger partial charge is 0.491 e. The lowest BCUT2D eigenvalue weighted by Gasteiger charge is -2.09. The van der Waals surface area contributed by atoms with Gasteiger partial charge in [-0.15, -0.1) is 23.6 Å². The van der Waals surface area contributed by atoms with Gasteiger partial charge in [-0.25, -0.2) is 0 Å². The minimum atomic E-state index is 0. The summed E-state index contributed by atoms with van der Waals surface area (Å²) < 4.78 is 9.82. The van der Waals surface area contributed by atoms with Crippen LogP contribution in [0.15, 0.2) is 61.2 Å². The monoisotopic (exact) mass is 387 g/mol. The molecule has 1 N–H and O–H groups in total. The fourth-order valence-electron chi connectivity index (χ4n) is 2.80. The van der Waals surface area contributed by atoms with Crippen LogP contribution in [-0.4, -0.2) is 15.7 Å². The van der Waals surface area contributed by atoms with E-state index in [2.05, 4.69) is 6.58 Å². The molecule has 1 aromatic heterocycles. The Morgan fingerprint density at radius 1 is 1.04 bits per heavy atom. The number of fused-ring (bicyclic) bond motifs is 1. The standard InChI is InChI=1S/C19H21N3O.BrH/c1-3-12-21-16-9-5-6-10-17(16)22(19(21)20)13-14-23-18-11-7-4-8-15(18)2;/h3-11,20H,1,12-14H2,2H3;1H. The van der Waals surface area contributed by atoms with Gasteiger partial charge >= 0.3 is 0 Å². The smallest absolute Gasteiger partial charge is 0.203 e. The van der Waals surface area contributed by atoms with Crippen molar-refractivity contribution in [3.63, 3.8) is 0 Å². The van der Waals surface area contributed by atoms with Gasteiger partial charge in [-0.3, -0.25) is 5.41 Å². The van der Waals surface area contributed by atoms with E-state index < -0.39 is 0 Å². The lowest BCUT2D eigenvalue weighted by atomic mass is 10.2. The minimum absolute atomic E-state index is 0. The SMILES string of the molecule is Br.C=CCn1c(=N)n(CCOc2ccccc2C)c2ccccc21. The van der Waals surface area contributed by atoms with Crippen LogP contribution in [-0.2, 0) is 13.1 Å². The summed E-state index contributed by atoms with van der Waals surface area (Å²) in [6.45, 7) is 7.62. The fourth-order valence-corrected chi connectivity index (χ4v) is 2.80. The molecular formula is C19H22BrN3O. The average molecular weight is 388 g/mol. The maximum absolute atomic E-state index is 8.43. The van der Waals surface area contributed by atoms with Gasteiger partial charge in [0.25, 0.3) is 0 Å². The molecule has 0 spiro atoms. The number of benzene rings is 2. The van der Waals surface area contributed by atoms with Crippen LogP contribution in [0, 0.1) is 12.3 Å². The van der Waals surface area contributed by atoms with Crippen molar-refractivity contribution < 1.29 is 4.74 Å². The van der Waals surface area contributed by atoms with Crippen LogP contribution in [0.25, 0.3) is 11.0 Å². The molecule has 0 aliphatic carbocycles. The molecule has 0 bridgehead atoms. The average Bonchev–Trinajstić information content (AvgIpc) is 2.83. The molecule has 0 unspecified atom stereocenters. The molecule has 0 amide bonds. The highest BCUT2D eigenvalue weighted by molar-refractivity contribution is 8.93. The Hall–Kier alpha value is -2.27. The second-order valence-corrected chi connectivity index (χ2v) is 5.48. The molecule has 3 rings (SSSR count). The number of imidazole rings is 1. The van der Waals surface area contributed by atoms with Crippen LogP contribution < -0.4 is 10.4 Å². The first-order valence-corrected chi connectivity index (χ1v) is 7.74. The Morgan fingerprint density at radius 3 is 2.33 bits per heavy atom. The molecule has 5 heteroatoms. The molecule has 126 valence electrons. The predicted octanol–water partition coefficient (Wildman–Crippen LogP) is 4.07. The summed E-state index contributed by atoms with van der Waals surface area (Å²) in [6, 6.07) is 16.1. The van der Waals surface area contributed by atoms with Crippen LogP contribution in [0.4, 0.5) is 0 Å². The molecule has 2 aromatic carbocycles. The minimum Gasteiger partial charge on any atom is -0.491 e. The van der Waals surface area contributed by atoms with Crippen molar-refractivity contribution in [2.75, 3.05) is 6.61 Å². The Kier molecular flexibility index (Phi) is 6.04. The summed E-state index contributed by atoms with van der Waals surface area (Å²) in [4.78, 5) is 0. The fraction of sp³-hybridized carbons (Fsp3) is 0.211. The molecule has 4 nitrogen and oxygen atoms in total. The van der Waals surface area contributed by atoms with Gasteiger partial charge in [-0.2, -0.15) is 0 Å². The van der Waals surface area contributed by atoms with Gasteiger partial charge in [-0.1, -0.05) is 36.4 Å². The van der Waals surface area contributed by atoms with E-state index in [1.807, 2.05) is 70.7 Å². The third-order valence-corrected chi connectivity index (χ3v) is 3.95. The number of rotatable bonds is 6. The summed E-state index contributed by atoms with van der Waals surface area (Å²) in [7, 11) is 0. The Morgan fingerprint density at radius 2 is 1.67 bits per heavy atom. The summed E-state index contributed by atoms with van der Waals surface area (Å²) >= 11 is 0. The van der Waals surface area contributed by atoms with Crippen molar-refractivity contribution in [2.45, 2.75) is 20.0 Å². The number of hydrogen-bond acceptors (Lipinski definition) is 2. The van der Waals surface area contributed by atoms with Crippen LogP contribution in [0.3, 0.4) is 0 Å². The highest BCUT2D eigenvalue weighted by Crippen LogP contribution is 2.17. The van der Waals surface area contributed by atoms with Gasteiger partial charge in [0.05, 0.1) is 17.6 Å². The van der Waals surface area contributed by atoms with Crippen molar-refractivity contribution in [2.24, 2.45) is 0 Å². The second kappa shape index (κ2) is 8.02. The number of nitrogens with zero attached hydrogens (tertiary/aromatic N) is 2. The van der Waals surface area contributed by atoms with Gasteiger partial charge in [0.2, 0.25) is 5.62 Å². The molecular weight excluding hydrogens is 366 g/mol. The molecule has 3 aromatic rings. The van der Waals surface area contributed by atoms with Crippen molar-refractivity contribution in [1.82, 2.24) is 9.13 Å². The number of nitrogens with one attached hydrogen (secondary N) is 1. The van der Waals surface area contributed by atoms with Crippen LogP contribution in [0.5, 0.6) is 5.75 Å². The normalized spacial score (nSPS) is 10.4. The molecule has 24 heavy (non-hydrogen) atoms. The van der Waals surface area contributed by atoms with Gasteiger partial charge in [0.15, 0.2) is 0 Å².